The number of nitrogens with zero attached hydrogens (tertiary/aromatic N) is 1. The first-order valence-corrected chi connectivity index (χ1v) is 10.5. The number of anilines is 1. The van der Waals surface area contributed by atoms with Crippen molar-refractivity contribution in [3.05, 3.63) is 109 Å². The van der Waals surface area contributed by atoms with Gasteiger partial charge in [-0.05, 0) is 73.0 Å². The van der Waals surface area contributed by atoms with Crippen LogP contribution in [0.4, 0.5) is 5.69 Å². The lowest BCUT2D eigenvalue weighted by Crippen LogP contribution is -2.29. The summed E-state index contributed by atoms with van der Waals surface area (Å²) >= 11 is 12.5. The Kier molecular flexibility index (Phi) is 4.65. The summed E-state index contributed by atoms with van der Waals surface area (Å²) in [6.45, 7) is 3.89. The predicted molar refractivity (Wildman–Crippen MR) is 124 cm³/mol. The number of halogens is 2. The lowest BCUT2D eigenvalue weighted by molar-refractivity contribution is 0.0971. The molecule has 0 saturated carbocycles. The van der Waals surface area contributed by atoms with Gasteiger partial charge in [0.2, 0.25) is 5.76 Å². The summed E-state index contributed by atoms with van der Waals surface area (Å²) in [5.41, 5.74) is 3.75. The van der Waals surface area contributed by atoms with Crippen LogP contribution < -0.4 is 10.3 Å². The van der Waals surface area contributed by atoms with Crippen molar-refractivity contribution in [3.63, 3.8) is 0 Å². The Bertz CT molecular complexity index is 1440. The first-order chi connectivity index (χ1) is 14.8. The van der Waals surface area contributed by atoms with Crippen LogP contribution in [0, 0.1) is 13.8 Å². The largest absolute Gasteiger partial charge is 0.450 e. The molecular weight excluding hydrogens is 433 g/mol. The summed E-state index contributed by atoms with van der Waals surface area (Å²) in [4.78, 5) is 28.7. The quantitative estimate of drug-likeness (QED) is 0.352. The SMILES string of the molecule is Cc1cc2oc3c(c(=O)c2cc1C)C(c1cccc(Cl)c1)N(c1cccc(Cl)c1)C3=O. The number of carbonyl (C=O) groups excluding carboxylic acids is 1. The van der Waals surface area contributed by atoms with Crippen molar-refractivity contribution in [2.45, 2.75) is 19.9 Å². The van der Waals surface area contributed by atoms with E-state index in [0.29, 0.717) is 32.3 Å². The van der Waals surface area contributed by atoms with E-state index < -0.39 is 6.04 Å². The third kappa shape index (κ3) is 3.14. The van der Waals surface area contributed by atoms with E-state index >= 15 is 0 Å². The molecule has 0 fully saturated rings. The lowest BCUT2D eigenvalue weighted by atomic mass is 9.97. The summed E-state index contributed by atoms with van der Waals surface area (Å²) in [6.07, 6.45) is 0. The van der Waals surface area contributed by atoms with Gasteiger partial charge in [0.25, 0.3) is 5.91 Å². The molecule has 1 atom stereocenters. The zero-order valence-corrected chi connectivity index (χ0v) is 18.3. The predicted octanol–water partition coefficient (Wildman–Crippen LogP) is 6.47. The molecule has 0 saturated heterocycles. The van der Waals surface area contributed by atoms with Gasteiger partial charge in [-0.2, -0.15) is 0 Å². The van der Waals surface area contributed by atoms with E-state index in [9.17, 15) is 9.59 Å². The highest BCUT2D eigenvalue weighted by atomic mass is 35.5. The highest BCUT2D eigenvalue weighted by Crippen LogP contribution is 2.42. The Labute approximate surface area is 188 Å². The summed E-state index contributed by atoms with van der Waals surface area (Å²) in [6, 6.07) is 17.1. The van der Waals surface area contributed by atoms with Gasteiger partial charge < -0.3 is 4.42 Å². The summed E-state index contributed by atoms with van der Waals surface area (Å²) in [5.74, 6) is -0.342. The third-order valence-corrected chi connectivity index (χ3v) is 6.21. The molecular formula is C25H17Cl2NO3. The monoisotopic (exact) mass is 449 g/mol. The molecule has 0 bridgehead atoms. The van der Waals surface area contributed by atoms with E-state index in [-0.39, 0.29) is 17.1 Å². The molecule has 0 spiro atoms. The Hall–Kier alpha value is -3.08. The van der Waals surface area contributed by atoms with Crippen LogP contribution in [0.2, 0.25) is 10.0 Å². The van der Waals surface area contributed by atoms with Gasteiger partial charge in [-0.1, -0.05) is 41.4 Å². The van der Waals surface area contributed by atoms with E-state index in [0.717, 1.165) is 16.7 Å². The van der Waals surface area contributed by atoms with Crippen LogP contribution in [0.15, 0.2) is 69.9 Å². The van der Waals surface area contributed by atoms with Crippen LogP contribution >= 0.6 is 23.2 Å². The van der Waals surface area contributed by atoms with Gasteiger partial charge in [-0.25, -0.2) is 0 Å². The van der Waals surface area contributed by atoms with E-state index in [2.05, 4.69) is 0 Å². The normalized spacial score (nSPS) is 15.5. The van der Waals surface area contributed by atoms with Gasteiger partial charge in [0.15, 0.2) is 5.43 Å². The summed E-state index contributed by atoms with van der Waals surface area (Å²) < 4.78 is 6.04. The van der Waals surface area contributed by atoms with Gasteiger partial charge in [-0.3, -0.25) is 14.5 Å². The maximum Gasteiger partial charge on any atom is 0.295 e. The van der Waals surface area contributed by atoms with Crippen LogP contribution in [-0.2, 0) is 0 Å². The third-order valence-electron chi connectivity index (χ3n) is 5.74. The molecule has 5 rings (SSSR count). The fourth-order valence-corrected chi connectivity index (χ4v) is 4.50. The molecule has 0 N–H and O–H groups in total. The average molecular weight is 450 g/mol. The number of amides is 1. The van der Waals surface area contributed by atoms with E-state index in [1.807, 2.05) is 26.0 Å². The van der Waals surface area contributed by atoms with Gasteiger partial charge in [0.1, 0.15) is 5.58 Å². The Morgan fingerprint density at radius 2 is 1.55 bits per heavy atom. The Morgan fingerprint density at radius 1 is 0.871 bits per heavy atom. The first kappa shape index (κ1) is 19.9. The maximum absolute atomic E-state index is 13.6. The molecule has 0 aliphatic carbocycles. The van der Waals surface area contributed by atoms with Gasteiger partial charge >= 0.3 is 0 Å². The molecule has 1 amide bonds. The van der Waals surface area contributed by atoms with Crippen LogP contribution in [0.1, 0.15) is 38.9 Å². The molecule has 154 valence electrons. The molecule has 1 aliphatic rings. The number of fused-ring (bicyclic) bond motifs is 2. The second-order valence-electron chi connectivity index (χ2n) is 7.72. The topological polar surface area (TPSA) is 50.5 Å². The molecule has 0 radical (unpaired) electrons. The standard InChI is InChI=1S/C25H17Cl2NO3/c1-13-9-19-20(10-14(13)2)31-24-21(23(19)29)22(15-5-3-6-16(26)11-15)28(25(24)30)18-8-4-7-17(27)12-18/h3-12,22H,1-2H3. The van der Waals surface area contributed by atoms with Gasteiger partial charge in [0.05, 0.1) is 17.0 Å². The zero-order chi connectivity index (χ0) is 21.9. The van der Waals surface area contributed by atoms with Gasteiger partial charge in [0, 0.05) is 15.7 Å². The Balaban J connectivity index is 1.85. The molecule has 31 heavy (non-hydrogen) atoms. The minimum Gasteiger partial charge on any atom is -0.450 e. The number of benzene rings is 3. The van der Waals surface area contributed by atoms with Gasteiger partial charge in [-0.15, -0.1) is 0 Å². The van der Waals surface area contributed by atoms with E-state index in [4.69, 9.17) is 27.6 Å². The summed E-state index contributed by atoms with van der Waals surface area (Å²) in [7, 11) is 0. The highest BCUT2D eigenvalue weighted by molar-refractivity contribution is 6.31. The highest BCUT2D eigenvalue weighted by Gasteiger charge is 2.43. The molecule has 1 unspecified atom stereocenters. The van der Waals surface area contributed by atoms with Crippen LogP contribution in [-0.4, -0.2) is 5.91 Å². The number of hydrogen-bond donors (Lipinski definition) is 0. The van der Waals surface area contributed by atoms with E-state index in [1.165, 1.54) is 0 Å². The number of rotatable bonds is 2. The van der Waals surface area contributed by atoms with E-state index in [1.54, 1.807) is 53.4 Å². The zero-order valence-electron chi connectivity index (χ0n) is 16.8. The molecule has 4 aromatic rings. The smallest absolute Gasteiger partial charge is 0.295 e. The van der Waals surface area contributed by atoms with Crippen molar-refractivity contribution in [2.24, 2.45) is 0 Å². The molecule has 2 heterocycles. The summed E-state index contributed by atoms with van der Waals surface area (Å²) in [5, 5.41) is 1.46. The second-order valence-corrected chi connectivity index (χ2v) is 8.59. The lowest BCUT2D eigenvalue weighted by Gasteiger charge is -2.25. The minimum atomic E-state index is -0.679. The fraction of sp³-hybridized carbons (Fsp3) is 0.120. The molecule has 1 aliphatic heterocycles. The number of carbonyl (C=O) groups is 1. The van der Waals surface area contributed by atoms with Crippen molar-refractivity contribution in [2.75, 3.05) is 4.90 Å². The van der Waals surface area contributed by atoms with Crippen molar-refractivity contribution in [1.29, 1.82) is 0 Å². The minimum absolute atomic E-state index is 0.0469. The van der Waals surface area contributed by atoms with Crippen molar-refractivity contribution in [3.8, 4) is 0 Å². The van der Waals surface area contributed by atoms with Crippen molar-refractivity contribution >= 4 is 45.8 Å². The first-order valence-electron chi connectivity index (χ1n) is 9.77. The number of aryl methyl sites for hydroxylation is 2. The van der Waals surface area contributed by atoms with Crippen LogP contribution in [0.5, 0.6) is 0 Å². The molecule has 4 nitrogen and oxygen atoms in total. The number of hydrogen-bond acceptors (Lipinski definition) is 3. The Morgan fingerprint density at radius 3 is 2.26 bits per heavy atom. The molecule has 3 aromatic carbocycles. The molecule has 1 aromatic heterocycles. The molecule has 6 heteroatoms. The van der Waals surface area contributed by atoms with Crippen LogP contribution in [0.3, 0.4) is 0 Å². The van der Waals surface area contributed by atoms with Crippen molar-refractivity contribution < 1.29 is 9.21 Å². The van der Waals surface area contributed by atoms with Crippen LogP contribution in [0.25, 0.3) is 11.0 Å². The average Bonchev–Trinajstić information content (AvgIpc) is 3.02. The second kappa shape index (κ2) is 7.26. The fourth-order valence-electron chi connectivity index (χ4n) is 4.11. The maximum atomic E-state index is 13.6. The van der Waals surface area contributed by atoms with Crippen molar-refractivity contribution in [1.82, 2.24) is 0 Å².